The van der Waals surface area contributed by atoms with Crippen molar-refractivity contribution in [3.63, 3.8) is 0 Å². The highest BCUT2D eigenvalue weighted by atomic mass is 19.1. The van der Waals surface area contributed by atoms with Gasteiger partial charge in [0.15, 0.2) is 17.4 Å². The van der Waals surface area contributed by atoms with Gasteiger partial charge in [0.2, 0.25) is 0 Å². The van der Waals surface area contributed by atoms with Gasteiger partial charge in [0, 0.05) is 48.6 Å². The highest BCUT2D eigenvalue weighted by Gasteiger charge is 2.18. The number of carbonyl (C=O) groups excluding carboxylic acids is 1. The Balaban J connectivity index is 1.36. The van der Waals surface area contributed by atoms with Crippen molar-refractivity contribution in [2.45, 2.75) is 33.1 Å². The zero-order chi connectivity index (χ0) is 27.5. The van der Waals surface area contributed by atoms with E-state index in [1.54, 1.807) is 31.8 Å². The van der Waals surface area contributed by atoms with Gasteiger partial charge in [-0.2, -0.15) is 5.10 Å². The van der Waals surface area contributed by atoms with Gasteiger partial charge in [0.25, 0.3) is 0 Å². The monoisotopic (exact) mass is 530 g/mol. The normalized spacial score (nSPS) is 11.2. The van der Waals surface area contributed by atoms with E-state index < -0.39 is 11.6 Å². The molecule has 0 atom stereocenters. The van der Waals surface area contributed by atoms with Gasteiger partial charge in [-0.25, -0.2) is 13.8 Å². The number of carbonyl (C=O) groups is 1. The summed E-state index contributed by atoms with van der Waals surface area (Å²) in [6, 6.07) is 15.3. The van der Waals surface area contributed by atoms with E-state index in [0.717, 1.165) is 16.5 Å². The molecule has 1 N–H and O–H groups in total. The van der Waals surface area contributed by atoms with E-state index in [-0.39, 0.29) is 28.9 Å². The van der Waals surface area contributed by atoms with E-state index in [1.807, 2.05) is 30.3 Å². The Morgan fingerprint density at radius 2 is 1.87 bits per heavy atom. The molecule has 3 aromatic carbocycles. The van der Waals surface area contributed by atoms with Gasteiger partial charge in [0.05, 0.1) is 12.2 Å². The van der Waals surface area contributed by atoms with Crippen LogP contribution in [0.4, 0.5) is 8.78 Å². The third-order valence-corrected chi connectivity index (χ3v) is 6.54. The summed E-state index contributed by atoms with van der Waals surface area (Å²) < 4.78 is 42.2. The molecule has 5 rings (SSSR count). The Bertz CT molecular complexity index is 1660. The molecule has 0 saturated heterocycles. The van der Waals surface area contributed by atoms with Gasteiger partial charge < -0.3 is 14.5 Å². The second kappa shape index (κ2) is 11.1. The van der Waals surface area contributed by atoms with Crippen molar-refractivity contribution in [3.05, 3.63) is 94.9 Å². The van der Waals surface area contributed by atoms with E-state index in [1.165, 1.54) is 24.3 Å². The lowest BCUT2D eigenvalue weighted by atomic mass is 10.0. The van der Waals surface area contributed by atoms with Gasteiger partial charge in [-0.15, -0.1) is 0 Å². The quantitative estimate of drug-likeness (QED) is 0.222. The Labute approximate surface area is 224 Å². The van der Waals surface area contributed by atoms with Crippen LogP contribution in [-0.2, 0) is 29.4 Å². The average Bonchev–Trinajstić information content (AvgIpc) is 3.53. The molecule has 2 heterocycles. The minimum Gasteiger partial charge on any atom is -0.466 e. The van der Waals surface area contributed by atoms with Crippen LogP contribution in [0.25, 0.3) is 22.3 Å². The number of aromatic amines is 1. The molecule has 0 aliphatic rings. The maximum absolute atomic E-state index is 14.9. The molecule has 39 heavy (non-hydrogen) atoms. The molecule has 2 aromatic heterocycles. The number of hydrogen-bond donors (Lipinski definition) is 1. The molecule has 5 aromatic rings. The molecule has 200 valence electrons. The van der Waals surface area contributed by atoms with Crippen molar-refractivity contribution in [3.8, 4) is 22.9 Å². The molecular weight excluding hydrogens is 502 g/mol. The zero-order valence-corrected chi connectivity index (χ0v) is 21.9. The van der Waals surface area contributed by atoms with Crippen LogP contribution in [-0.4, -0.2) is 32.3 Å². The third kappa shape index (κ3) is 5.67. The van der Waals surface area contributed by atoms with E-state index in [2.05, 4.69) is 15.1 Å². The minimum atomic E-state index is -0.518. The summed E-state index contributed by atoms with van der Waals surface area (Å²) in [4.78, 5) is 19.3. The predicted molar refractivity (Wildman–Crippen MR) is 144 cm³/mol. The summed E-state index contributed by atoms with van der Waals surface area (Å²) in [6.45, 7) is 3.92. The fourth-order valence-corrected chi connectivity index (χ4v) is 4.55. The molecule has 0 aliphatic heterocycles. The lowest BCUT2D eigenvalue weighted by Crippen LogP contribution is -2.05. The summed E-state index contributed by atoms with van der Waals surface area (Å²) in [7, 11) is 1.75. The number of aryl methyl sites for hydroxylation is 3. The SMILES string of the molecule is CCOC(=O)CCc1cccc(Cc2nc(-c3cc(Oc4c(F)cc5[nH]ccc5c4C)ccc3F)nn2C)c1. The number of nitrogens with one attached hydrogen (secondary N) is 1. The first-order valence-corrected chi connectivity index (χ1v) is 12.7. The fourth-order valence-electron chi connectivity index (χ4n) is 4.55. The highest BCUT2D eigenvalue weighted by molar-refractivity contribution is 5.85. The van der Waals surface area contributed by atoms with E-state index >= 15 is 0 Å². The number of rotatable bonds is 9. The topological polar surface area (TPSA) is 82.0 Å². The third-order valence-electron chi connectivity index (χ3n) is 6.54. The van der Waals surface area contributed by atoms with Crippen molar-refractivity contribution in [1.29, 1.82) is 0 Å². The fraction of sp³-hybridized carbons (Fsp3) is 0.233. The van der Waals surface area contributed by atoms with Crippen LogP contribution in [0.2, 0.25) is 0 Å². The van der Waals surface area contributed by atoms with Crippen LogP contribution in [0.1, 0.15) is 35.9 Å². The number of halogens is 2. The van der Waals surface area contributed by atoms with Crippen molar-refractivity contribution >= 4 is 16.9 Å². The molecule has 0 unspecified atom stereocenters. The first-order chi connectivity index (χ1) is 18.8. The Hall–Kier alpha value is -4.53. The van der Waals surface area contributed by atoms with Crippen LogP contribution in [0, 0.1) is 18.6 Å². The molecule has 9 heteroatoms. The average molecular weight is 531 g/mol. The smallest absolute Gasteiger partial charge is 0.306 e. The second-order valence-electron chi connectivity index (χ2n) is 9.27. The largest absolute Gasteiger partial charge is 0.466 e. The predicted octanol–water partition coefficient (Wildman–Crippen LogP) is 6.43. The van der Waals surface area contributed by atoms with Crippen molar-refractivity contribution in [2.24, 2.45) is 7.05 Å². The summed E-state index contributed by atoms with van der Waals surface area (Å²) in [5.41, 5.74) is 3.46. The Morgan fingerprint density at radius 1 is 1.05 bits per heavy atom. The maximum Gasteiger partial charge on any atom is 0.306 e. The first kappa shape index (κ1) is 26.1. The molecule has 0 aliphatic carbocycles. The molecular formula is C30H28F2N4O3. The number of fused-ring (bicyclic) bond motifs is 1. The molecule has 0 bridgehead atoms. The summed E-state index contributed by atoms with van der Waals surface area (Å²) in [5.74, 6) is -0.0687. The molecule has 0 fully saturated rings. The molecule has 7 nitrogen and oxygen atoms in total. The first-order valence-electron chi connectivity index (χ1n) is 12.7. The van der Waals surface area contributed by atoms with Crippen LogP contribution < -0.4 is 4.74 Å². The molecule has 0 radical (unpaired) electrons. The lowest BCUT2D eigenvalue weighted by molar-refractivity contribution is -0.143. The molecule has 0 spiro atoms. The molecule has 0 saturated carbocycles. The maximum atomic E-state index is 14.9. The van der Waals surface area contributed by atoms with Gasteiger partial charge in [-0.1, -0.05) is 24.3 Å². The number of benzene rings is 3. The van der Waals surface area contributed by atoms with Crippen LogP contribution in [0.15, 0.2) is 60.8 Å². The zero-order valence-electron chi connectivity index (χ0n) is 21.9. The second-order valence-corrected chi connectivity index (χ2v) is 9.27. The number of nitrogens with zero attached hydrogens (tertiary/aromatic N) is 3. The summed E-state index contributed by atoms with van der Waals surface area (Å²) in [5, 5.41) is 5.27. The number of esters is 1. The van der Waals surface area contributed by atoms with Gasteiger partial charge in [-0.3, -0.25) is 9.48 Å². The number of H-pyrrole nitrogens is 1. The summed E-state index contributed by atoms with van der Waals surface area (Å²) in [6.07, 6.45) is 3.09. The van der Waals surface area contributed by atoms with Gasteiger partial charge >= 0.3 is 5.97 Å². The summed E-state index contributed by atoms with van der Waals surface area (Å²) >= 11 is 0. The van der Waals surface area contributed by atoms with Crippen molar-refractivity contribution in [1.82, 2.24) is 19.7 Å². The van der Waals surface area contributed by atoms with Crippen LogP contribution >= 0.6 is 0 Å². The number of hydrogen-bond acceptors (Lipinski definition) is 5. The lowest BCUT2D eigenvalue weighted by Gasteiger charge is -2.12. The van der Waals surface area contributed by atoms with Crippen molar-refractivity contribution < 1.29 is 23.0 Å². The Morgan fingerprint density at radius 3 is 2.69 bits per heavy atom. The van der Waals surface area contributed by atoms with Crippen LogP contribution in [0.5, 0.6) is 11.5 Å². The number of ether oxygens (including phenoxy) is 2. The van der Waals surface area contributed by atoms with Gasteiger partial charge in [-0.05, 0) is 55.7 Å². The Kier molecular flexibility index (Phi) is 7.40. The number of aromatic nitrogens is 4. The van der Waals surface area contributed by atoms with Crippen LogP contribution in [0.3, 0.4) is 0 Å². The van der Waals surface area contributed by atoms with Crippen molar-refractivity contribution in [2.75, 3.05) is 6.61 Å². The van der Waals surface area contributed by atoms with E-state index in [0.29, 0.717) is 42.8 Å². The molecule has 0 amide bonds. The standard InChI is InChI=1S/C30H28F2N4O3/c1-4-38-28(37)11-8-19-6-5-7-20(14-19)15-27-34-30(35-36(27)3)23-16-21(9-10-24(23)31)39-29-18(2)22-12-13-33-26(22)17-25(29)32/h5-7,9-10,12-14,16-17,33H,4,8,11,15H2,1-3H3. The van der Waals surface area contributed by atoms with E-state index in [9.17, 15) is 13.6 Å². The van der Waals surface area contributed by atoms with Gasteiger partial charge in [0.1, 0.15) is 17.4 Å². The highest BCUT2D eigenvalue weighted by Crippen LogP contribution is 2.35. The van der Waals surface area contributed by atoms with E-state index in [4.69, 9.17) is 9.47 Å². The minimum absolute atomic E-state index is 0.0807.